The van der Waals surface area contributed by atoms with E-state index in [1.807, 2.05) is 30.5 Å². The predicted molar refractivity (Wildman–Crippen MR) is 116 cm³/mol. The third-order valence-corrected chi connectivity index (χ3v) is 5.55. The van der Waals surface area contributed by atoms with Gasteiger partial charge in [0, 0.05) is 16.1 Å². The van der Waals surface area contributed by atoms with Gasteiger partial charge in [-0.2, -0.15) is 5.10 Å². The molecule has 142 valence electrons. The SMILES string of the molecule is Clc1ccc(C=NN2CC[NH+](C(c3ccccc3)c3ccccc3)CC2)cc1. The van der Waals surface area contributed by atoms with Gasteiger partial charge in [0.05, 0.1) is 32.4 Å². The first-order valence-electron chi connectivity index (χ1n) is 9.78. The van der Waals surface area contributed by atoms with Gasteiger partial charge in [-0.3, -0.25) is 5.01 Å². The molecule has 0 aromatic heterocycles. The zero-order chi connectivity index (χ0) is 19.2. The lowest BCUT2D eigenvalue weighted by Gasteiger charge is -2.35. The highest BCUT2D eigenvalue weighted by atomic mass is 35.5. The van der Waals surface area contributed by atoms with E-state index in [9.17, 15) is 0 Å². The summed E-state index contributed by atoms with van der Waals surface area (Å²) < 4.78 is 0. The van der Waals surface area contributed by atoms with Gasteiger partial charge < -0.3 is 4.90 Å². The third-order valence-electron chi connectivity index (χ3n) is 5.30. The first-order valence-corrected chi connectivity index (χ1v) is 10.2. The maximum absolute atomic E-state index is 5.95. The summed E-state index contributed by atoms with van der Waals surface area (Å²) in [7, 11) is 0. The summed E-state index contributed by atoms with van der Waals surface area (Å²) in [5.74, 6) is 0. The Bertz CT molecular complexity index is 847. The van der Waals surface area contributed by atoms with Crippen molar-refractivity contribution in [3.8, 4) is 0 Å². The van der Waals surface area contributed by atoms with Crippen LogP contribution in [0.5, 0.6) is 0 Å². The molecule has 0 atom stereocenters. The molecule has 1 saturated heterocycles. The molecule has 0 aliphatic carbocycles. The van der Waals surface area contributed by atoms with E-state index >= 15 is 0 Å². The number of halogens is 1. The smallest absolute Gasteiger partial charge is 0.139 e. The van der Waals surface area contributed by atoms with E-state index < -0.39 is 0 Å². The molecule has 4 heteroatoms. The van der Waals surface area contributed by atoms with E-state index in [1.165, 1.54) is 11.1 Å². The monoisotopic (exact) mass is 390 g/mol. The third kappa shape index (κ3) is 4.61. The highest BCUT2D eigenvalue weighted by Crippen LogP contribution is 2.19. The van der Waals surface area contributed by atoms with Crippen molar-refractivity contribution in [1.82, 2.24) is 5.01 Å². The number of quaternary nitrogens is 1. The van der Waals surface area contributed by atoms with E-state index in [1.54, 1.807) is 4.90 Å². The minimum Gasteiger partial charge on any atom is -0.322 e. The van der Waals surface area contributed by atoms with E-state index in [0.717, 1.165) is 36.8 Å². The molecule has 1 fully saturated rings. The summed E-state index contributed by atoms with van der Waals surface area (Å²) in [4.78, 5) is 1.59. The first-order chi connectivity index (χ1) is 13.8. The van der Waals surface area contributed by atoms with Gasteiger partial charge in [-0.15, -0.1) is 0 Å². The Kier molecular flexibility index (Phi) is 6.05. The van der Waals surface area contributed by atoms with Crippen LogP contribution in [0.4, 0.5) is 0 Å². The normalized spacial score (nSPS) is 15.4. The van der Waals surface area contributed by atoms with Gasteiger partial charge in [0.1, 0.15) is 6.04 Å². The van der Waals surface area contributed by atoms with Crippen LogP contribution in [-0.4, -0.2) is 37.4 Å². The topological polar surface area (TPSA) is 20.0 Å². The van der Waals surface area contributed by atoms with Crippen molar-refractivity contribution < 1.29 is 4.90 Å². The Balaban J connectivity index is 1.45. The molecule has 3 nitrogen and oxygen atoms in total. The highest BCUT2D eigenvalue weighted by molar-refractivity contribution is 6.30. The molecule has 1 aliphatic heterocycles. The zero-order valence-corrected chi connectivity index (χ0v) is 16.6. The van der Waals surface area contributed by atoms with E-state index in [4.69, 9.17) is 11.6 Å². The highest BCUT2D eigenvalue weighted by Gasteiger charge is 2.29. The average Bonchev–Trinajstić information content (AvgIpc) is 2.76. The Morgan fingerprint density at radius 3 is 1.86 bits per heavy atom. The van der Waals surface area contributed by atoms with Crippen LogP contribution in [0.1, 0.15) is 22.7 Å². The van der Waals surface area contributed by atoms with Crippen molar-refractivity contribution in [3.05, 3.63) is 107 Å². The van der Waals surface area contributed by atoms with Crippen LogP contribution >= 0.6 is 11.6 Å². The Hall–Kier alpha value is -2.62. The summed E-state index contributed by atoms with van der Waals surface area (Å²) >= 11 is 5.95. The molecule has 4 rings (SSSR count). The van der Waals surface area contributed by atoms with E-state index in [0.29, 0.717) is 6.04 Å². The maximum Gasteiger partial charge on any atom is 0.139 e. The molecule has 1 aliphatic rings. The van der Waals surface area contributed by atoms with E-state index in [-0.39, 0.29) is 0 Å². The molecule has 3 aromatic carbocycles. The molecule has 0 unspecified atom stereocenters. The fraction of sp³-hybridized carbons (Fsp3) is 0.208. The van der Waals surface area contributed by atoms with Crippen LogP contribution in [-0.2, 0) is 0 Å². The predicted octanol–water partition coefficient (Wildman–Crippen LogP) is 3.66. The lowest BCUT2D eigenvalue weighted by Crippen LogP contribution is -3.15. The fourth-order valence-electron chi connectivity index (χ4n) is 3.84. The molecule has 1 heterocycles. The summed E-state index contributed by atoms with van der Waals surface area (Å²) in [5, 5.41) is 7.60. The molecule has 0 saturated carbocycles. The molecule has 0 radical (unpaired) electrons. The van der Waals surface area contributed by atoms with Crippen LogP contribution in [0, 0.1) is 0 Å². The quantitative estimate of drug-likeness (QED) is 0.659. The number of piperazine rings is 1. The zero-order valence-electron chi connectivity index (χ0n) is 15.8. The fourth-order valence-corrected chi connectivity index (χ4v) is 3.96. The molecule has 0 amide bonds. The van der Waals surface area contributed by atoms with E-state index in [2.05, 4.69) is 70.8 Å². The van der Waals surface area contributed by atoms with Crippen LogP contribution < -0.4 is 4.90 Å². The second-order valence-electron chi connectivity index (χ2n) is 7.16. The number of nitrogens with one attached hydrogen (secondary N) is 1. The average molecular weight is 391 g/mol. The first kappa shape index (κ1) is 18.7. The summed E-state index contributed by atoms with van der Waals surface area (Å²) in [6.07, 6.45) is 1.92. The van der Waals surface area contributed by atoms with Gasteiger partial charge in [-0.25, -0.2) is 0 Å². The Morgan fingerprint density at radius 2 is 1.32 bits per heavy atom. The number of nitrogens with zero attached hydrogens (tertiary/aromatic N) is 2. The summed E-state index contributed by atoms with van der Waals surface area (Å²) in [5.41, 5.74) is 3.83. The van der Waals surface area contributed by atoms with Gasteiger partial charge in [0.25, 0.3) is 0 Å². The van der Waals surface area contributed by atoms with Crippen molar-refractivity contribution in [1.29, 1.82) is 0 Å². The van der Waals surface area contributed by atoms with Gasteiger partial charge in [0.15, 0.2) is 0 Å². The summed E-state index contributed by atoms with van der Waals surface area (Å²) in [6, 6.07) is 29.9. The largest absolute Gasteiger partial charge is 0.322 e. The molecule has 0 spiro atoms. The van der Waals surface area contributed by atoms with Gasteiger partial charge >= 0.3 is 0 Å². The second kappa shape index (κ2) is 9.05. The molecular formula is C24H25ClN3+. The number of benzene rings is 3. The van der Waals surface area contributed by atoms with Crippen molar-refractivity contribution in [2.75, 3.05) is 26.2 Å². The maximum atomic E-state index is 5.95. The molecular weight excluding hydrogens is 366 g/mol. The number of rotatable bonds is 5. The lowest BCUT2D eigenvalue weighted by molar-refractivity contribution is -0.929. The van der Waals surface area contributed by atoms with Gasteiger partial charge in [0.2, 0.25) is 0 Å². The van der Waals surface area contributed by atoms with Crippen molar-refractivity contribution >= 4 is 17.8 Å². The summed E-state index contributed by atoms with van der Waals surface area (Å²) in [6.45, 7) is 4.03. The van der Waals surface area contributed by atoms with Gasteiger partial charge in [-0.05, 0) is 17.7 Å². The number of hydrazone groups is 1. The van der Waals surface area contributed by atoms with Gasteiger partial charge in [-0.1, -0.05) is 84.4 Å². The minimum atomic E-state index is 0.366. The second-order valence-corrected chi connectivity index (χ2v) is 7.60. The molecule has 1 N–H and O–H groups in total. The Morgan fingerprint density at radius 1 is 0.786 bits per heavy atom. The van der Waals surface area contributed by atoms with Crippen molar-refractivity contribution in [2.45, 2.75) is 6.04 Å². The molecule has 0 bridgehead atoms. The number of hydrogen-bond acceptors (Lipinski definition) is 2. The number of hydrogen-bond donors (Lipinski definition) is 1. The van der Waals surface area contributed by atoms with Crippen LogP contribution in [0.15, 0.2) is 90.0 Å². The minimum absolute atomic E-state index is 0.366. The van der Waals surface area contributed by atoms with Crippen molar-refractivity contribution in [2.24, 2.45) is 5.10 Å². The van der Waals surface area contributed by atoms with Crippen LogP contribution in [0.25, 0.3) is 0 Å². The van der Waals surface area contributed by atoms with Crippen molar-refractivity contribution in [3.63, 3.8) is 0 Å². The standard InChI is InChI=1S/C24H24ClN3/c25-23-13-11-20(12-14-23)19-26-28-17-15-27(16-18-28)24(21-7-3-1-4-8-21)22-9-5-2-6-10-22/h1-14,19,24H,15-18H2/p+1. The Labute approximate surface area is 171 Å². The van der Waals surface area contributed by atoms with Crippen LogP contribution in [0.2, 0.25) is 5.02 Å². The lowest BCUT2D eigenvalue weighted by atomic mass is 9.96. The molecule has 3 aromatic rings. The van der Waals surface area contributed by atoms with Crippen LogP contribution in [0.3, 0.4) is 0 Å². The molecule has 28 heavy (non-hydrogen) atoms.